The average Bonchev–Trinajstić information content (AvgIpc) is 3.28. The van der Waals surface area contributed by atoms with Crippen LogP contribution < -0.4 is 5.56 Å². The van der Waals surface area contributed by atoms with Crippen molar-refractivity contribution in [2.24, 2.45) is 0 Å². The van der Waals surface area contributed by atoms with Gasteiger partial charge in [0.25, 0.3) is 5.56 Å². The minimum atomic E-state index is -0.375. The Morgan fingerprint density at radius 2 is 1.88 bits per heavy atom. The number of carbonyl (C=O) groups is 1. The van der Waals surface area contributed by atoms with E-state index in [1.165, 1.54) is 12.1 Å². The fourth-order valence-electron chi connectivity index (χ4n) is 3.66. The normalized spacial score (nSPS) is 14.7. The zero-order chi connectivity index (χ0) is 17.4. The summed E-state index contributed by atoms with van der Waals surface area (Å²) in [5.41, 5.74) is 1.75. The lowest BCUT2D eigenvalue weighted by atomic mass is 10.2. The van der Waals surface area contributed by atoms with E-state index in [4.69, 9.17) is 0 Å². The smallest absolute Gasteiger partial charge is 0.275 e. The van der Waals surface area contributed by atoms with Crippen LogP contribution in [0.4, 0.5) is 4.39 Å². The molecule has 25 heavy (non-hydrogen) atoms. The maximum atomic E-state index is 13.7. The second-order valence-corrected chi connectivity index (χ2v) is 6.54. The predicted octanol–water partition coefficient (Wildman–Crippen LogP) is 2.80. The summed E-state index contributed by atoms with van der Waals surface area (Å²) in [6.45, 7) is 2.08. The van der Waals surface area contributed by atoms with E-state index in [9.17, 15) is 14.0 Å². The zero-order valence-corrected chi connectivity index (χ0v) is 13.9. The summed E-state index contributed by atoms with van der Waals surface area (Å²) in [7, 11) is 0. The van der Waals surface area contributed by atoms with E-state index < -0.39 is 0 Å². The SMILES string of the molecule is O=C(CCCn1c(=O)c2cccn2c2ccc(F)cc21)N1CCCC1. The molecule has 2 aromatic heterocycles. The second-order valence-electron chi connectivity index (χ2n) is 6.54. The molecular weight excluding hydrogens is 321 g/mol. The highest BCUT2D eigenvalue weighted by molar-refractivity contribution is 5.79. The first kappa shape index (κ1) is 15.9. The highest BCUT2D eigenvalue weighted by atomic mass is 19.1. The summed E-state index contributed by atoms with van der Waals surface area (Å²) in [4.78, 5) is 26.8. The van der Waals surface area contributed by atoms with Crippen molar-refractivity contribution in [1.82, 2.24) is 13.9 Å². The second kappa shape index (κ2) is 6.35. The van der Waals surface area contributed by atoms with Gasteiger partial charge in [0.1, 0.15) is 11.3 Å². The monoisotopic (exact) mass is 341 g/mol. The van der Waals surface area contributed by atoms with Crippen molar-refractivity contribution in [2.45, 2.75) is 32.2 Å². The van der Waals surface area contributed by atoms with Crippen molar-refractivity contribution in [2.75, 3.05) is 13.1 Å². The van der Waals surface area contributed by atoms with Gasteiger partial charge in [-0.15, -0.1) is 0 Å². The third-order valence-electron chi connectivity index (χ3n) is 4.93. The molecule has 1 aliphatic heterocycles. The van der Waals surface area contributed by atoms with E-state index in [-0.39, 0.29) is 17.3 Å². The van der Waals surface area contributed by atoms with Crippen molar-refractivity contribution in [1.29, 1.82) is 0 Å². The van der Waals surface area contributed by atoms with E-state index >= 15 is 0 Å². The number of hydrogen-bond donors (Lipinski definition) is 0. The Morgan fingerprint density at radius 1 is 1.08 bits per heavy atom. The molecular formula is C19H20FN3O2. The molecule has 0 N–H and O–H groups in total. The molecule has 1 amide bonds. The summed E-state index contributed by atoms with van der Waals surface area (Å²) in [5.74, 6) is -0.231. The highest BCUT2D eigenvalue weighted by Crippen LogP contribution is 2.18. The molecule has 0 unspecified atom stereocenters. The molecule has 6 heteroatoms. The van der Waals surface area contributed by atoms with Crippen molar-refractivity contribution in [3.05, 3.63) is 52.7 Å². The number of benzene rings is 1. The zero-order valence-electron chi connectivity index (χ0n) is 13.9. The van der Waals surface area contributed by atoms with Crippen LogP contribution in [0.3, 0.4) is 0 Å². The molecule has 0 bridgehead atoms. The largest absolute Gasteiger partial charge is 0.343 e. The number of aromatic nitrogens is 2. The molecule has 5 nitrogen and oxygen atoms in total. The van der Waals surface area contributed by atoms with Crippen LogP contribution in [0, 0.1) is 5.82 Å². The lowest BCUT2D eigenvalue weighted by Gasteiger charge is -2.16. The predicted molar refractivity (Wildman–Crippen MR) is 94.2 cm³/mol. The molecule has 0 radical (unpaired) electrons. The summed E-state index contributed by atoms with van der Waals surface area (Å²) >= 11 is 0. The quantitative estimate of drug-likeness (QED) is 0.733. The number of hydrogen-bond acceptors (Lipinski definition) is 2. The number of likely N-dealkylation sites (tertiary alicyclic amines) is 1. The third kappa shape index (κ3) is 2.81. The number of aryl methyl sites for hydroxylation is 1. The molecule has 0 saturated carbocycles. The molecule has 4 rings (SSSR count). The van der Waals surface area contributed by atoms with Gasteiger partial charge < -0.3 is 13.9 Å². The molecule has 1 fully saturated rings. The standard InChI is InChI=1S/C19H20FN3O2/c20-14-7-8-15-17(13-14)23(19(25)16-5-3-11-22(15)16)12-4-6-18(24)21-9-1-2-10-21/h3,5,7-8,11,13H,1-2,4,6,9-10,12H2. The van der Waals surface area contributed by atoms with Gasteiger partial charge in [0, 0.05) is 32.3 Å². The number of rotatable bonds is 4. The summed E-state index contributed by atoms with van der Waals surface area (Å²) in [6.07, 6.45) is 4.92. The Hall–Kier alpha value is -2.63. The Kier molecular flexibility index (Phi) is 4.03. The van der Waals surface area contributed by atoms with Gasteiger partial charge in [-0.2, -0.15) is 0 Å². The average molecular weight is 341 g/mol. The van der Waals surface area contributed by atoms with Crippen LogP contribution in [-0.4, -0.2) is 32.9 Å². The van der Waals surface area contributed by atoms with Gasteiger partial charge in [0.05, 0.1) is 11.0 Å². The topological polar surface area (TPSA) is 46.7 Å². The number of nitrogens with zero attached hydrogens (tertiary/aromatic N) is 3. The van der Waals surface area contributed by atoms with E-state index in [2.05, 4.69) is 0 Å². The minimum Gasteiger partial charge on any atom is -0.343 e. The summed E-state index contributed by atoms with van der Waals surface area (Å²) in [5, 5.41) is 0. The molecule has 0 spiro atoms. The first-order chi connectivity index (χ1) is 12.1. The number of carbonyl (C=O) groups excluding carboxylic acids is 1. The van der Waals surface area contributed by atoms with Crippen molar-refractivity contribution >= 4 is 22.5 Å². The van der Waals surface area contributed by atoms with Gasteiger partial charge >= 0.3 is 0 Å². The van der Waals surface area contributed by atoms with E-state index in [0.717, 1.165) is 31.4 Å². The van der Waals surface area contributed by atoms with Gasteiger partial charge in [0.15, 0.2) is 0 Å². The molecule has 0 atom stereocenters. The lowest BCUT2D eigenvalue weighted by molar-refractivity contribution is -0.130. The minimum absolute atomic E-state index is 0.143. The van der Waals surface area contributed by atoms with E-state index in [1.54, 1.807) is 33.4 Å². The van der Waals surface area contributed by atoms with E-state index in [0.29, 0.717) is 30.4 Å². The van der Waals surface area contributed by atoms with Gasteiger partial charge in [0.2, 0.25) is 5.91 Å². The summed E-state index contributed by atoms with van der Waals surface area (Å²) in [6, 6.07) is 8.03. The molecule has 3 heterocycles. The third-order valence-corrected chi connectivity index (χ3v) is 4.93. The highest BCUT2D eigenvalue weighted by Gasteiger charge is 2.18. The number of halogens is 1. The summed E-state index contributed by atoms with van der Waals surface area (Å²) < 4.78 is 17.1. The van der Waals surface area contributed by atoms with Crippen LogP contribution in [0.2, 0.25) is 0 Å². The van der Waals surface area contributed by atoms with Crippen molar-refractivity contribution in [3.63, 3.8) is 0 Å². The van der Waals surface area contributed by atoms with Gasteiger partial charge in [-0.05, 0) is 49.6 Å². The fourth-order valence-corrected chi connectivity index (χ4v) is 3.66. The Labute approximate surface area is 144 Å². The molecule has 1 aromatic carbocycles. The molecule has 3 aromatic rings. The van der Waals surface area contributed by atoms with Gasteiger partial charge in [-0.1, -0.05) is 0 Å². The van der Waals surface area contributed by atoms with Gasteiger partial charge in [-0.25, -0.2) is 4.39 Å². The van der Waals surface area contributed by atoms with Crippen LogP contribution >= 0.6 is 0 Å². The Balaban J connectivity index is 1.65. The number of amides is 1. The maximum Gasteiger partial charge on any atom is 0.275 e. The number of fused-ring (bicyclic) bond motifs is 3. The molecule has 130 valence electrons. The van der Waals surface area contributed by atoms with Crippen molar-refractivity contribution < 1.29 is 9.18 Å². The molecule has 1 aliphatic rings. The first-order valence-corrected chi connectivity index (χ1v) is 8.72. The lowest BCUT2D eigenvalue weighted by Crippen LogP contribution is -2.28. The van der Waals surface area contributed by atoms with E-state index in [1.807, 2.05) is 4.90 Å². The van der Waals surface area contributed by atoms with Crippen LogP contribution in [0.15, 0.2) is 41.3 Å². The van der Waals surface area contributed by atoms with Gasteiger partial charge in [-0.3, -0.25) is 9.59 Å². The van der Waals surface area contributed by atoms with Crippen LogP contribution in [-0.2, 0) is 11.3 Å². The van der Waals surface area contributed by atoms with Crippen LogP contribution in [0.1, 0.15) is 25.7 Å². The Morgan fingerprint density at radius 3 is 2.68 bits per heavy atom. The molecule has 0 aliphatic carbocycles. The fraction of sp³-hybridized carbons (Fsp3) is 0.368. The van der Waals surface area contributed by atoms with Crippen molar-refractivity contribution in [3.8, 4) is 0 Å². The Bertz CT molecular complexity index is 999. The van der Waals surface area contributed by atoms with Crippen LogP contribution in [0.25, 0.3) is 16.6 Å². The van der Waals surface area contributed by atoms with Crippen LogP contribution in [0.5, 0.6) is 0 Å². The first-order valence-electron chi connectivity index (χ1n) is 8.72. The molecule has 1 saturated heterocycles. The maximum absolute atomic E-state index is 13.7.